The van der Waals surface area contributed by atoms with Gasteiger partial charge in [-0.1, -0.05) is 18.2 Å². The molecule has 1 N–H and O–H groups in total. The zero-order chi connectivity index (χ0) is 14.3. The number of rotatable bonds is 5. The lowest BCUT2D eigenvalue weighted by atomic mass is 9.94. The molecule has 2 fully saturated rings. The molecule has 0 spiro atoms. The Morgan fingerprint density at radius 3 is 2.32 bits per heavy atom. The number of ether oxygens (including phenoxy) is 1. The van der Waals surface area contributed by atoms with E-state index in [2.05, 4.69) is 10.2 Å². The molecule has 3 nitrogen and oxygen atoms in total. The minimum atomic E-state index is 0. The average molecular weight is 325 g/mol. The highest BCUT2D eigenvalue weighted by Gasteiger charge is 2.22. The number of benzene rings is 1. The van der Waals surface area contributed by atoms with E-state index in [1.165, 1.54) is 58.4 Å². The molecule has 0 unspecified atom stereocenters. The van der Waals surface area contributed by atoms with Crippen molar-refractivity contribution < 1.29 is 4.74 Å². The van der Waals surface area contributed by atoms with Gasteiger partial charge < -0.3 is 15.0 Å². The van der Waals surface area contributed by atoms with E-state index in [1.54, 1.807) is 0 Å². The molecule has 1 aromatic rings. The van der Waals surface area contributed by atoms with Crippen molar-refractivity contribution in [3.63, 3.8) is 0 Å². The third-order valence-electron chi connectivity index (χ3n) is 4.91. The summed E-state index contributed by atoms with van der Waals surface area (Å²) in [4.78, 5) is 2.68. The van der Waals surface area contributed by atoms with Crippen LogP contribution >= 0.6 is 12.4 Å². The summed E-state index contributed by atoms with van der Waals surface area (Å²) in [5.41, 5.74) is 0. The molecule has 3 rings (SSSR count). The predicted octanol–water partition coefficient (Wildman–Crippen LogP) is 3.20. The summed E-state index contributed by atoms with van der Waals surface area (Å²) < 4.78 is 5.90. The Morgan fingerprint density at radius 1 is 0.955 bits per heavy atom. The fourth-order valence-corrected chi connectivity index (χ4v) is 3.50. The van der Waals surface area contributed by atoms with Gasteiger partial charge in [-0.05, 0) is 75.8 Å². The molecule has 0 aliphatic carbocycles. The van der Waals surface area contributed by atoms with Crippen LogP contribution in [0.4, 0.5) is 0 Å². The third kappa shape index (κ3) is 5.45. The van der Waals surface area contributed by atoms with Gasteiger partial charge in [-0.15, -0.1) is 12.4 Å². The smallest absolute Gasteiger partial charge is 0.119 e. The summed E-state index contributed by atoms with van der Waals surface area (Å²) in [7, 11) is 0. The summed E-state index contributed by atoms with van der Waals surface area (Å²) in [6.07, 6.45) is 5.30. The molecule has 0 saturated carbocycles. The van der Waals surface area contributed by atoms with Crippen LogP contribution in [0.3, 0.4) is 0 Å². The van der Waals surface area contributed by atoms with E-state index in [-0.39, 0.29) is 12.4 Å². The zero-order valence-corrected chi connectivity index (χ0v) is 14.2. The maximum Gasteiger partial charge on any atom is 0.119 e. The lowest BCUT2D eigenvalue weighted by Crippen LogP contribution is -2.41. The van der Waals surface area contributed by atoms with Crippen LogP contribution in [0.15, 0.2) is 30.3 Å². The van der Waals surface area contributed by atoms with E-state index >= 15 is 0 Å². The molecular formula is C18H29ClN2O. The highest BCUT2D eigenvalue weighted by molar-refractivity contribution is 5.85. The van der Waals surface area contributed by atoms with E-state index in [4.69, 9.17) is 4.74 Å². The molecule has 0 aromatic heterocycles. The summed E-state index contributed by atoms with van der Waals surface area (Å²) in [6.45, 7) is 7.14. The SMILES string of the molecule is Cl.c1ccc(OCC2CCN(CC3CCNCC3)CC2)cc1. The first-order chi connectivity index (χ1) is 10.4. The average Bonchev–Trinajstić information content (AvgIpc) is 2.56. The summed E-state index contributed by atoms with van der Waals surface area (Å²) in [5, 5.41) is 3.46. The van der Waals surface area contributed by atoms with Gasteiger partial charge in [0.25, 0.3) is 0 Å². The number of para-hydroxylation sites is 1. The molecule has 0 radical (unpaired) electrons. The number of nitrogens with one attached hydrogen (secondary N) is 1. The molecule has 0 atom stereocenters. The number of hydrogen-bond donors (Lipinski definition) is 1. The number of nitrogens with zero attached hydrogens (tertiary/aromatic N) is 1. The first-order valence-corrected chi connectivity index (χ1v) is 8.51. The minimum Gasteiger partial charge on any atom is -0.493 e. The van der Waals surface area contributed by atoms with Crippen molar-refractivity contribution in [1.29, 1.82) is 0 Å². The molecule has 0 bridgehead atoms. The van der Waals surface area contributed by atoms with Crippen molar-refractivity contribution in [3.05, 3.63) is 30.3 Å². The van der Waals surface area contributed by atoms with Crippen LogP contribution in [-0.4, -0.2) is 44.2 Å². The molecular weight excluding hydrogens is 296 g/mol. The van der Waals surface area contributed by atoms with Crippen LogP contribution in [0.25, 0.3) is 0 Å². The van der Waals surface area contributed by atoms with Gasteiger partial charge in [-0.25, -0.2) is 0 Å². The quantitative estimate of drug-likeness (QED) is 0.900. The second kappa shape index (κ2) is 9.39. The molecule has 4 heteroatoms. The molecule has 22 heavy (non-hydrogen) atoms. The van der Waals surface area contributed by atoms with Crippen molar-refractivity contribution in [2.75, 3.05) is 39.3 Å². The van der Waals surface area contributed by atoms with E-state index < -0.39 is 0 Å². The Morgan fingerprint density at radius 2 is 1.64 bits per heavy atom. The monoisotopic (exact) mass is 324 g/mol. The second-order valence-electron chi connectivity index (χ2n) is 6.56. The lowest BCUT2D eigenvalue weighted by molar-refractivity contribution is 0.121. The van der Waals surface area contributed by atoms with Gasteiger partial charge in [0.15, 0.2) is 0 Å². The molecule has 2 heterocycles. The van der Waals surface area contributed by atoms with Crippen molar-refractivity contribution in [1.82, 2.24) is 10.2 Å². The summed E-state index contributed by atoms with van der Waals surface area (Å²) in [6, 6.07) is 10.2. The Bertz CT molecular complexity index is 401. The summed E-state index contributed by atoms with van der Waals surface area (Å²) >= 11 is 0. The van der Waals surface area contributed by atoms with Crippen LogP contribution < -0.4 is 10.1 Å². The van der Waals surface area contributed by atoms with Gasteiger partial charge in [0, 0.05) is 6.54 Å². The van der Waals surface area contributed by atoms with Crippen molar-refractivity contribution in [2.45, 2.75) is 25.7 Å². The Labute approximate surface area is 140 Å². The topological polar surface area (TPSA) is 24.5 Å². The van der Waals surface area contributed by atoms with Gasteiger partial charge in [-0.3, -0.25) is 0 Å². The minimum absolute atomic E-state index is 0. The highest BCUT2D eigenvalue weighted by atomic mass is 35.5. The van der Waals surface area contributed by atoms with Gasteiger partial charge in [0.1, 0.15) is 5.75 Å². The van der Waals surface area contributed by atoms with Crippen LogP contribution in [0.1, 0.15) is 25.7 Å². The molecule has 2 aliphatic heterocycles. The highest BCUT2D eigenvalue weighted by Crippen LogP contribution is 2.22. The maximum absolute atomic E-state index is 5.90. The first-order valence-electron chi connectivity index (χ1n) is 8.51. The third-order valence-corrected chi connectivity index (χ3v) is 4.91. The van der Waals surface area contributed by atoms with Crippen molar-refractivity contribution >= 4 is 12.4 Å². The van der Waals surface area contributed by atoms with Gasteiger partial charge in [-0.2, -0.15) is 0 Å². The Balaban J connectivity index is 0.00000176. The van der Waals surface area contributed by atoms with E-state index in [9.17, 15) is 0 Å². The fraction of sp³-hybridized carbons (Fsp3) is 0.667. The largest absolute Gasteiger partial charge is 0.493 e. The van der Waals surface area contributed by atoms with Gasteiger partial charge in [0.2, 0.25) is 0 Å². The van der Waals surface area contributed by atoms with Crippen LogP contribution in [0.5, 0.6) is 5.75 Å². The second-order valence-corrected chi connectivity index (χ2v) is 6.56. The molecule has 124 valence electrons. The van der Waals surface area contributed by atoms with E-state index in [0.717, 1.165) is 24.2 Å². The molecule has 2 saturated heterocycles. The van der Waals surface area contributed by atoms with Crippen LogP contribution in [-0.2, 0) is 0 Å². The van der Waals surface area contributed by atoms with Gasteiger partial charge in [0.05, 0.1) is 6.61 Å². The lowest BCUT2D eigenvalue weighted by Gasteiger charge is -2.35. The number of likely N-dealkylation sites (tertiary alicyclic amines) is 1. The maximum atomic E-state index is 5.90. The predicted molar refractivity (Wildman–Crippen MR) is 93.9 cm³/mol. The Kier molecular flexibility index (Phi) is 7.50. The number of hydrogen-bond acceptors (Lipinski definition) is 3. The van der Waals surface area contributed by atoms with Crippen molar-refractivity contribution in [2.24, 2.45) is 11.8 Å². The standard InChI is InChI=1S/C18H28N2O.ClH/c1-2-4-18(5-3-1)21-15-17-8-12-20(13-9-17)14-16-6-10-19-11-7-16;/h1-5,16-17,19H,6-15H2;1H. The molecule has 1 aromatic carbocycles. The van der Waals surface area contributed by atoms with E-state index in [1.807, 2.05) is 30.3 Å². The van der Waals surface area contributed by atoms with Crippen LogP contribution in [0.2, 0.25) is 0 Å². The van der Waals surface area contributed by atoms with Crippen LogP contribution in [0, 0.1) is 11.8 Å². The first kappa shape index (κ1) is 17.6. The number of piperidine rings is 2. The van der Waals surface area contributed by atoms with Gasteiger partial charge >= 0.3 is 0 Å². The normalized spacial score (nSPS) is 21.3. The number of halogens is 1. The molecule has 2 aliphatic rings. The van der Waals surface area contributed by atoms with Crippen molar-refractivity contribution in [3.8, 4) is 5.75 Å². The molecule has 0 amide bonds. The zero-order valence-electron chi connectivity index (χ0n) is 13.4. The Hall–Kier alpha value is -0.770. The van der Waals surface area contributed by atoms with E-state index in [0.29, 0.717) is 0 Å². The fourth-order valence-electron chi connectivity index (χ4n) is 3.50. The summed E-state index contributed by atoms with van der Waals surface area (Å²) in [5.74, 6) is 2.66.